The average molecular weight is 354 g/mol. The van der Waals surface area contributed by atoms with Crippen molar-refractivity contribution in [2.45, 2.75) is 24.2 Å². The van der Waals surface area contributed by atoms with Crippen LogP contribution in [-0.4, -0.2) is 18.0 Å². The summed E-state index contributed by atoms with van der Waals surface area (Å²) in [4.78, 5) is 16.0. The van der Waals surface area contributed by atoms with Gasteiger partial charge in [-0.25, -0.2) is 13.4 Å². The minimum atomic E-state index is -3.80. The Labute approximate surface area is 146 Å². The third-order valence-electron chi connectivity index (χ3n) is 3.94. The Hall–Kier alpha value is -2.73. The molecule has 1 aromatic heterocycles. The average Bonchev–Trinajstić information content (AvgIpc) is 2.63. The van der Waals surface area contributed by atoms with E-state index in [9.17, 15) is 13.2 Å². The lowest BCUT2D eigenvalue weighted by molar-refractivity contribution is 0.583. The number of rotatable bonds is 5. The van der Waals surface area contributed by atoms with Gasteiger partial charge >= 0.3 is 0 Å². The van der Waals surface area contributed by atoms with E-state index in [0.717, 1.165) is 11.1 Å². The van der Waals surface area contributed by atoms with Gasteiger partial charge < -0.3 is 4.57 Å². The molecule has 0 aliphatic rings. The summed E-state index contributed by atoms with van der Waals surface area (Å²) in [5.41, 5.74) is 2.11. The fraction of sp³-hybridized carbons (Fsp3) is 0.158. The van der Waals surface area contributed by atoms with Gasteiger partial charge in [-0.1, -0.05) is 54.6 Å². The highest BCUT2D eigenvalue weighted by Crippen LogP contribution is 2.20. The van der Waals surface area contributed by atoms with Crippen molar-refractivity contribution >= 4 is 9.84 Å². The van der Waals surface area contributed by atoms with Gasteiger partial charge in [0.05, 0.1) is 5.75 Å². The van der Waals surface area contributed by atoms with E-state index in [1.807, 2.05) is 42.5 Å². The lowest BCUT2D eigenvalue weighted by atomic mass is 10.0. The summed E-state index contributed by atoms with van der Waals surface area (Å²) >= 11 is 0. The molecule has 0 aliphatic carbocycles. The van der Waals surface area contributed by atoms with Gasteiger partial charge in [-0.05, 0) is 23.6 Å². The van der Waals surface area contributed by atoms with Gasteiger partial charge in [0.2, 0.25) is 14.9 Å². The van der Waals surface area contributed by atoms with Gasteiger partial charge in [0.15, 0.2) is 0 Å². The molecule has 25 heavy (non-hydrogen) atoms. The van der Waals surface area contributed by atoms with Crippen LogP contribution in [0.1, 0.15) is 12.5 Å². The summed E-state index contributed by atoms with van der Waals surface area (Å²) in [6, 6.07) is 17.1. The molecule has 0 atom stereocenters. The predicted molar refractivity (Wildman–Crippen MR) is 96.9 cm³/mol. The first-order valence-electron chi connectivity index (χ1n) is 7.94. The van der Waals surface area contributed by atoms with Crippen molar-refractivity contribution in [1.82, 2.24) is 9.55 Å². The molecule has 0 saturated heterocycles. The Morgan fingerprint density at radius 2 is 1.60 bits per heavy atom. The highest BCUT2D eigenvalue weighted by molar-refractivity contribution is 7.90. The zero-order valence-electron chi connectivity index (χ0n) is 13.8. The van der Waals surface area contributed by atoms with Crippen LogP contribution in [0.25, 0.3) is 11.1 Å². The highest BCUT2D eigenvalue weighted by Gasteiger charge is 2.21. The van der Waals surface area contributed by atoms with Gasteiger partial charge in [-0.15, -0.1) is 0 Å². The van der Waals surface area contributed by atoms with Gasteiger partial charge in [-0.2, -0.15) is 0 Å². The molecule has 0 N–H and O–H groups in total. The molecule has 2 aromatic carbocycles. The Balaban J connectivity index is 1.88. The van der Waals surface area contributed by atoms with Crippen molar-refractivity contribution in [2.24, 2.45) is 0 Å². The molecule has 0 bridgehead atoms. The van der Waals surface area contributed by atoms with Gasteiger partial charge in [0, 0.05) is 18.9 Å². The molecule has 0 aliphatic heterocycles. The minimum absolute atomic E-state index is 0.252. The first kappa shape index (κ1) is 17.1. The summed E-state index contributed by atoms with van der Waals surface area (Å²) in [5.74, 6) is -0.252. The van der Waals surface area contributed by atoms with Crippen LogP contribution in [0, 0.1) is 0 Å². The predicted octanol–water partition coefficient (Wildman–Crippen LogP) is 2.90. The second-order valence-corrected chi connectivity index (χ2v) is 7.55. The van der Waals surface area contributed by atoms with Crippen molar-refractivity contribution in [3.05, 3.63) is 82.9 Å². The van der Waals surface area contributed by atoms with E-state index in [-0.39, 0.29) is 5.75 Å². The van der Waals surface area contributed by atoms with Crippen molar-refractivity contribution in [3.8, 4) is 11.1 Å². The third kappa shape index (κ3) is 3.69. The second kappa shape index (κ2) is 7.03. The first-order chi connectivity index (χ1) is 12.0. The molecule has 0 saturated carbocycles. The minimum Gasteiger partial charge on any atom is -0.312 e. The molecule has 3 rings (SSSR count). The monoisotopic (exact) mass is 354 g/mol. The van der Waals surface area contributed by atoms with Crippen LogP contribution in [-0.2, 0) is 22.1 Å². The zero-order chi connectivity index (χ0) is 17.9. The van der Waals surface area contributed by atoms with Crippen LogP contribution in [0.15, 0.2) is 76.8 Å². The number of aryl methyl sites for hydroxylation is 1. The lowest BCUT2D eigenvalue weighted by Crippen LogP contribution is -2.27. The van der Waals surface area contributed by atoms with Crippen LogP contribution in [0.2, 0.25) is 0 Å². The van der Waals surface area contributed by atoms with Crippen LogP contribution in [0.5, 0.6) is 0 Å². The lowest BCUT2D eigenvalue weighted by Gasteiger charge is -2.07. The molecule has 128 valence electrons. The Kier molecular flexibility index (Phi) is 4.81. The number of nitrogens with zero attached hydrogens (tertiary/aromatic N) is 2. The fourth-order valence-corrected chi connectivity index (χ4v) is 3.97. The molecule has 1 heterocycles. The third-order valence-corrected chi connectivity index (χ3v) is 5.52. The summed E-state index contributed by atoms with van der Waals surface area (Å²) < 4.78 is 26.5. The molecule has 0 amide bonds. The molecule has 3 aromatic rings. The van der Waals surface area contributed by atoms with Crippen LogP contribution in [0.4, 0.5) is 0 Å². The van der Waals surface area contributed by atoms with Gasteiger partial charge in [0.1, 0.15) is 0 Å². The molecular weight excluding hydrogens is 336 g/mol. The van der Waals surface area contributed by atoms with E-state index in [4.69, 9.17) is 0 Å². The maximum Gasteiger partial charge on any atom is 0.288 e. The Morgan fingerprint density at radius 1 is 0.960 bits per heavy atom. The normalized spacial score (nSPS) is 11.4. The quantitative estimate of drug-likeness (QED) is 0.706. The first-order valence-corrected chi connectivity index (χ1v) is 9.59. The second-order valence-electron chi connectivity index (χ2n) is 5.65. The summed E-state index contributed by atoms with van der Waals surface area (Å²) in [6.07, 6.45) is 2.83. The molecule has 0 spiro atoms. The van der Waals surface area contributed by atoms with Crippen LogP contribution >= 0.6 is 0 Å². The van der Waals surface area contributed by atoms with Crippen LogP contribution in [0.3, 0.4) is 0 Å². The molecule has 5 nitrogen and oxygen atoms in total. The maximum absolute atomic E-state index is 12.6. The molecule has 0 radical (unpaired) electrons. The van der Waals surface area contributed by atoms with E-state index < -0.39 is 20.4 Å². The van der Waals surface area contributed by atoms with E-state index in [1.165, 1.54) is 17.0 Å². The van der Waals surface area contributed by atoms with Crippen molar-refractivity contribution in [2.75, 3.05) is 0 Å². The Morgan fingerprint density at radius 3 is 2.24 bits per heavy atom. The fourth-order valence-electron chi connectivity index (χ4n) is 2.60. The van der Waals surface area contributed by atoms with E-state index >= 15 is 0 Å². The van der Waals surface area contributed by atoms with Gasteiger partial charge in [-0.3, -0.25) is 4.79 Å². The number of benzene rings is 2. The number of hydrogen-bond acceptors (Lipinski definition) is 4. The van der Waals surface area contributed by atoms with E-state index in [2.05, 4.69) is 4.98 Å². The Bertz CT molecular complexity index is 1020. The molecule has 0 unspecified atom stereocenters. The van der Waals surface area contributed by atoms with Crippen LogP contribution < -0.4 is 5.56 Å². The topological polar surface area (TPSA) is 69.0 Å². The zero-order valence-corrected chi connectivity index (χ0v) is 14.6. The van der Waals surface area contributed by atoms with Gasteiger partial charge in [0.25, 0.3) is 5.56 Å². The molecular formula is C19H18N2O3S. The maximum atomic E-state index is 12.6. The molecule has 0 fully saturated rings. The number of sulfone groups is 1. The van der Waals surface area contributed by atoms with Crippen molar-refractivity contribution in [3.63, 3.8) is 0 Å². The van der Waals surface area contributed by atoms with E-state index in [1.54, 1.807) is 19.1 Å². The smallest absolute Gasteiger partial charge is 0.288 e. The summed E-state index contributed by atoms with van der Waals surface area (Å²) in [7, 11) is -3.80. The van der Waals surface area contributed by atoms with Crippen molar-refractivity contribution in [1.29, 1.82) is 0 Å². The summed E-state index contributed by atoms with van der Waals surface area (Å²) in [5, 5.41) is -0.399. The van der Waals surface area contributed by atoms with Crippen molar-refractivity contribution < 1.29 is 8.42 Å². The standard InChI is InChI=1S/C19H18N2O3S/c1-2-21-13-12-20-18(19(21)22)25(23,24)14-15-8-10-17(11-9-15)16-6-4-3-5-7-16/h3-13H,2,14H2,1H3. The number of aromatic nitrogens is 2. The van der Waals surface area contributed by atoms with E-state index in [0.29, 0.717) is 12.1 Å². The number of hydrogen-bond donors (Lipinski definition) is 0. The largest absolute Gasteiger partial charge is 0.312 e. The summed E-state index contributed by atoms with van der Waals surface area (Å²) in [6.45, 7) is 2.18. The molecule has 6 heteroatoms. The highest BCUT2D eigenvalue weighted by atomic mass is 32.2. The SMILES string of the molecule is CCn1ccnc(S(=O)(=O)Cc2ccc(-c3ccccc3)cc2)c1=O.